The van der Waals surface area contributed by atoms with Crippen LogP contribution in [0.15, 0.2) is 47.4 Å². The zero-order valence-corrected chi connectivity index (χ0v) is 15.0. The molecule has 0 unspecified atom stereocenters. The molecule has 0 saturated carbocycles. The monoisotopic (exact) mass is 373 g/mol. The van der Waals surface area contributed by atoms with Gasteiger partial charge in [0.05, 0.1) is 11.5 Å². The molecule has 23 heavy (non-hydrogen) atoms. The van der Waals surface area contributed by atoms with Crippen molar-refractivity contribution in [2.24, 2.45) is 0 Å². The van der Waals surface area contributed by atoms with Gasteiger partial charge in [-0.15, -0.1) is 0 Å². The summed E-state index contributed by atoms with van der Waals surface area (Å²) in [6.45, 7) is 4.11. The Labute approximate surface area is 146 Å². The van der Waals surface area contributed by atoms with Crippen LogP contribution in [0, 0.1) is 0 Å². The first-order valence-corrected chi connectivity index (χ1v) is 9.27. The summed E-state index contributed by atoms with van der Waals surface area (Å²) in [5.41, 5.74) is 0.658. The Balaban J connectivity index is 2.19. The third-order valence-corrected chi connectivity index (χ3v) is 5.33. The van der Waals surface area contributed by atoms with Crippen molar-refractivity contribution >= 4 is 33.2 Å². The lowest BCUT2D eigenvalue weighted by Crippen LogP contribution is -2.27. The Morgan fingerprint density at radius 3 is 2.35 bits per heavy atom. The zero-order chi connectivity index (χ0) is 17.0. The summed E-state index contributed by atoms with van der Waals surface area (Å²) in [6.07, 6.45) is 0. The van der Waals surface area contributed by atoms with Crippen LogP contribution in [0.2, 0.25) is 10.0 Å². The fourth-order valence-electron chi connectivity index (χ4n) is 2.10. The van der Waals surface area contributed by atoms with Gasteiger partial charge in [0.2, 0.25) is 10.0 Å². The quantitative estimate of drug-likeness (QED) is 0.814. The third-order valence-electron chi connectivity index (χ3n) is 3.21. The van der Waals surface area contributed by atoms with E-state index >= 15 is 0 Å². The summed E-state index contributed by atoms with van der Waals surface area (Å²) >= 11 is 12.0. The first-order valence-electron chi connectivity index (χ1n) is 7.03. The molecule has 0 heterocycles. The summed E-state index contributed by atoms with van der Waals surface area (Å²) in [5.74, 6) is 0.625. The van der Waals surface area contributed by atoms with E-state index in [1.165, 1.54) is 12.1 Å². The van der Waals surface area contributed by atoms with Crippen LogP contribution >= 0.6 is 23.2 Å². The fraction of sp³-hybridized carbons (Fsp3) is 0.250. The Kier molecular flexibility index (Phi) is 5.92. The lowest BCUT2D eigenvalue weighted by Gasteiger charge is -2.16. The fourth-order valence-corrected chi connectivity index (χ4v) is 3.89. The molecule has 0 aliphatic heterocycles. The molecule has 0 saturated heterocycles. The minimum absolute atomic E-state index is 0.165. The Morgan fingerprint density at radius 2 is 1.78 bits per heavy atom. The number of rotatable bonds is 6. The van der Waals surface area contributed by atoms with Gasteiger partial charge in [-0.1, -0.05) is 29.3 Å². The van der Waals surface area contributed by atoms with Crippen molar-refractivity contribution in [2.75, 3.05) is 6.61 Å². The van der Waals surface area contributed by atoms with Crippen LogP contribution in [0.1, 0.15) is 25.5 Å². The van der Waals surface area contributed by atoms with Gasteiger partial charge >= 0.3 is 0 Å². The largest absolute Gasteiger partial charge is 0.494 e. The molecule has 0 amide bonds. The molecule has 0 aromatic heterocycles. The first kappa shape index (κ1) is 18.1. The van der Waals surface area contributed by atoms with Gasteiger partial charge in [-0.2, -0.15) is 0 Å². The van der Waals surface area contributed by atoms with Crippen molar-refractivity contribution in [2.45, 2.75) is 24.8 Å². The number of sulfonamides is 1. The minimum Gasteiger partial charge on any atom is -0.494 e. The third kappa shape index (κ3) is 4.61. The molecule has 0 fully saturated rings. The molecule has 1 N–H and O–H groups in total. The molecule has 0 radical (unpaired) electrons. The molecule has 0 bridgehead atoms. The van der Waals surface area contributed by atoms with Crippen LogP contribution in [-0.4, -0.2) is 15.0 Å². The Bertz CT molecular complexity index is 776. The van der Waals surface area contributed by atoms with E-state index in [4.69, 9.17) is 27.9 Å². The smallest absolute Gasteiger partial charge is 0.241 e. The number of hydrogen-bond donors (Lipinski definition) is 1. The molecule has 2 aromatic rings. The predicted octanol–water partition coefficient (Wildman–Crippen LogP) is 4.43. The SMILES string of the molecule is CCOc1ccc(S(=O)(=O)N[C@H](C)c2ccc(Cl)cc2Cl)cc1. The topological polar surface area (TPSA) is 55.4 Å². The van der Waals surface area contributed by atoms with Gasteiger partial charge in [0.25, 0.3) is 0 Å². The van der Waals surface area contributed by atoms with E-state index in [1.807, 2.05) is 6.92 Å². The normalized spacial score (nSPS) is 12.9. The number of nitrogens with one attached hydrogen (secondary N) is 1. The molecule has 124 valence electrons. The highest BCUT2D eigenvalue weighted by molar-refractivity contribution is 7.89. The van der Waals surface area contributed by atoms with Gasteiger partial charge in [-0.25, -0.2) is 13.1 Å². The van der Waals surface area contributed by atoms with Crippen molar-refractivity contribution in [1.29, 1.82) is 0 Å². The minimum atomic E-state index is -3.66. The molecule has 7 heteroatoms. The summed E-state index contributed by atoms with van der Waals surface area (Å²) in [6, 6.07) is 10.7. The average Bonchev–Trinajstić information content (AvgIpc) is 2.47. The first-order chi connectivity index (χ1) is 10.8. The van der Waals surface area contributed by atoms with Gasteiger partial charge in [0, 0.05) is 16.1 Å². The molecule has 0 spiro atoms. The molecule has 2 aromatic carbocycles. The van der Waals surface area contributed by atoms with Crippen LogP contribution in [0.5, 0.6) is 5.75 Å². The van der Waals surface area contributed by atoms with Crippen molar-refractivity contribution in [3.8, 4) is 5.75 Å². The second-order valence-corrected chi connectivity index (χ2v) is 7.47. The summed E-state index contributed by atoms with van der Waals surface area (Å²) in [4.78, 5) is 0.165. The summed E-state index contributed by atoms with van der Waals surface area (Å²) < 4.78 is 32.8. The maximum atomic E-state index is 12.4. The second-order valence-electron chi connectivity index (χ2n) is 4.91. The van der Waals surface area contributed by atoms with E-state index in [9.17, 15) is 8.42 Å². The number of ether oxygens (including phenoxy) is 1. The van der Waals surface area contributed by atoms with Gasteiger partial charge in [0.15, 0.2) is 0 Å². The highest BCUT2D eigenvalue weighted by Gasteiger charge is 2.20. The lowest BCUT2D eigenvalue weighted by atomic mass is 10.1. The van der Waals surface area contributed by atoms with Crippen LogP contribution < -0.4 is 9.46 Å². The van der Waals surface area contributed by atoms with Crippen molar-refractivity contribution < 1.29 is 13.2 Å². The Morgan fingerprint density at radius 1 is 1.13 bits per heavy atom. The molecular weight excluding hydrogens is 357 g/mol. The standard InChI is InChI=1S/C16H17Cl2NO3S/c1-3-22-13-5-7-14(8-6-13)23(20,21)19-11(2)15-9-4-12(17)10-16(15)18/h4-11,19H,3H2,1-2H3/t11-/m1/s1. The van der Waals surface area contributed by atoms with E-state index in [1.54, 1.807) is 37.3 Å². The van der Waals surface area contributed by atoms with Crippen molar-refractivity contribution in [3.05, 3.63) is 58.1 Å². The number of halogens is 2. The zero-order valence-electron chi connectivity index (χ0n) is 12.7. The van der Waals surface area contributed by atoms with Gasteiger partial charge in [-0.05, 0) is 55.8 Å². The van der Waals surface area contributed by atoms with Crippen LogP contribution in [0.4, 0.5) is 0 Å². The molecule has 2 rings (SSSR count). The van der Waals surface area contributed by atoms with E-state index in [2.05, 4.69) is 4.72 Å². The van der Waals surface area contributed by atoms with E-state index in [0.29, 0.717) is 28.0 Å². The van der Waals surface area contributed by atoms with Gasteiger partial charge < -0.3 is 4.74 Å². The molecule has 0 aliphatic rings. The number of benzene rings is 2. The van der Waals surface area contributed by atoms with E-state index in [-0.39, 0.29) is 4.90 Å². The van der Waals surface area contributed by atoms with Crippen molar-refractivity contribution in [1.82, 2.24) is 4.72 Å². The van der Waals surface area contributed by atoms with Crippen LogP contribution in [0.25, 0.3) is 0 Å². The maximum Gasteiger partial charge on any atom is 0.241 e. The molecule has 1 atom stereocenters. The van der Waals surface area contributed by atoms with E-state index in [0.717, 1.165) is 0 Å². The Hall–Kier alpha value is -1.27. The van der Waals surface area contributed by atoms with Gasteiger partial charge in [-0.3, -0.25) is 0 Å². The second kappa shape index (κ2) is 7.53. The van der Waals surface area contributed by atoms with Crippen LogP contribution in [0.3, 0.4) is 0 Å². The lowest BCUT2D eigenvalue weighted by molar-refractivity contribution is 0.340. The maximum absolute atomic E-state index is 12.4. The summed E-state index contributed by atoms with van der Waals surface area (Å²) in [5, 5.41) is 0.916. The molecule has 0 aliphatic carbocycles. The average molecular weight is 374 g/mol. The highest BCUT2D eigenvalue weighted by Crippen LogP contribution is 2.27. The number of hydrogen-bond acceptors (Lipinski definition) is 3. The van der Waals surface area contributed by atoms with Crippen molar-refractivity contribution in [3.63, 3.8) is 0 Å². The molecule has 4 nitrogen and oxygen atoms in total. The van der Waals surface area contributed by atoms with E-state index < -0.39 is 16.1 Å². The molecular formula is C16H17Cl2NO3S. The van der Waals surface area contributed by atoms with Gasteiger partial charge in [0.1, 0.15) is 5.75 Å². The predicted molar refractivity (Wildman–Crippen MR) is 92.8 cm³/mol. The summed E-state index contributed by atoms with van der Waals surface area (Å²) in [7, 11) is -3.66. The highest BCUT2D eigenvalue weighted by atomic mass is 35.5. The van der Waals surface area contributed by atoms with Crippen LogP contribution in [-0.2, 0) is 10.0 Å².